The molecule has 0 radical (unpaired) electrons. The minimum atomic E-state index is -1.04. The van der Waals surface area contributed by atoms with E-state index in [0.29, 0.717) is 5.56 Å². The fraction of sp³-hybridized carbons (Fsp3) is 0.357. The molecule has 0 aliphatic carbocycles. The fourth-order valence-electron chi connectivity index (χ4n) is 1.70. The molecule has 0 bridgehead atoms. The number of halogens is 1. The van der Waals surface area contributed by atoms with Crippen molar-refractivity contribution in [1.29, 1.82) is 0 Å². The number of rotatable bonds is 5. The maximum atomic E-state index is 13.6. The molecule has 0 amide bonds. The van der Waals surface area contributed by atoms with Crippen LogP contribution in [0.2, 0.25) is 0 Å². The predicted octanol–water partition coefficient (Wildman–Crippen LogP) is 1.52. The zero-order valence-corrected chi connectivity index (χ0v) is 10.5. The second kappa shape index (κ2) is 6.18. The topological polar surface area (TPSA) is 38.3 Å². The minimum absolute atomic E-state index is 0.175. The van der Waals surface area contributed by atoms with E-state index in [1.165, 1.54) is 13.2 Å². The highest BCUT2D eigenvalue weighted by atomic mass is 19.1. The first-order valence-electron chi connectivity index (χ1n) is 5.54. The number of terminal acetylenes is 1. The van der Waals surface area contributed by atoms with Gasteiger partial charge in [-0.05, 0) is 18.6 Å². The molecule has 0 aromatic heterocycles. The molecule has 1 unspecified atom stereocenters. The van der Waals surface area contributed by atoms with Crippen LogP contribution in [0.4, 0.5) is 4.39 Å². The summed E-state index contributed by atoms with van der Waals surface area (Å²) in [4.78, 5) is 11.8. The van der Waals surface area contributed by atoms with Gasteiger partial charge >= 0.3 is 5.97 Å². The molecular formula is C14H16FNO2. The molecule has 0 fully saturated rings. The van der Waals surface area contributed by atoms with Crippen molar-refractivity contribution in [1.82, 2.24) is 5.32 Å². The molecule has 0 saturated heterocycles. The number of nitrogens with one attached hydrogen (secondary N) is 1. The molecule has 4 heteroatoms. The number of benzene rings is 1. The Bertz CT molecular complexity index is 467. The van der Waals surface area contributed by atoms with Gasteiger partial charge in [-0.3, -0.25) is 10.1 Å². The number of methoxy groups -OCH3 is 1. The molecule has 1 atom stereocenters. The van der Waals surface area contributed by atoms with E-state index in [4.69, 9.17) is 11.2 Å². The highest BCUT2D eigenvalue weighted by Crippen LogP contribution is 2.17. The van der Waals surface area contributed by atoms with Gasteiger partial charge in [0, 0.05) is 6.42 Å². The fourth-order valence-corrected chi connectivity index (χ4v) is 1.70. The zero-order valence-electron chi connectivity index (χ0n) is 10.5. The molecule has 96 valence electrons. The van der Waals surface area contributed by atoms with Crippen molar-refractivity contribution in [2.45, 2.75) is 18.9 Å². The van der Waals surface area contributed by atoms with Gasteiger partial charge in [0.2, 0.25) is 0 Å². The maximum absolute atomic E-state index is 13.6. The maximum Gasteiger partial charge on any atom is 0.326 e. The van der Waals surface area contributed by atoms with E-state index in [1.54, 1.807) is 25.1 Å². The molecule has 1 aromatic rings. The van der Waals surface area contributed by atoms with Gasteiger partial charge in [-0.15, -0.1) is 6.42 Å². The Morgan fingerprint density at radius 1 is 1.56 bits per heavy atom. The van der Waals surface area contributed by atoms with Crippen molar-refractivity contribution in [3.8, 4) is 12.3 Å². The van der Waals surface area contributed by atoms with Crippen LogP contribution in [0.25, 0.3) is 0 Å². The van der Waals surface area contributed by atoms with E-state index >= 15 is 0 Å². The lowest BCUT2D eigenvalue weighted by atomic mass is 9.92. The van der Waals surface area contributed by atoms with Crippen LogP contribution in [0.5, 0.6) is 0 Å². The lowest BCUT2D eigenvalue weighted by Gasteiger charge is -2.27. The van der Waals surface area contributed by atoms with Gasteiger partial charge in [0.05, 0.1) is 13.7 Å². The van der Waals surface area contributed by atoms with Crippen LogP contribution in [0.15, 0.2) is 24.3 Å². The summed E-state index contributed by atoms with van der Waals surface area (Å²) in [7, 11) is 1.29. The Morgan fingerprint density at radius 3 is 2.78 bits per heavy atom. The van der Waals surface area contributed by atoms with Gasteiger partial charge in [-0.25, -0.2) is 4.39 Å². The van der Waals surface area contributed by atoms with E-state index in [9.17, 15) is 9.18 Å². The van der Waals surface area contributed by atoms with Gasteiger partial charge in [-0.2, -0.15) is 0 Å². The monoisotopic (exact) mass is 249 g/mol. The van der Waals surface area contributed by atoms with Gasteiger partial charge in [0.15, 0.2) is 0 Å². The third-order valence-corrected chi connectivity index (χ3v) is 2.72. The summed E-state index contributed by atoms with van der Waals surface area (Å²) >= 11 is 0. The van der Waals surface area contributed by atoms with Crippen LogP contribution < -0.4 is 5.32 Å². The average Bonchev–Trinajstić information content (AvgIpc) is 2.38. The molecular weight excluding hydrogens is 233 g/mol. The summed E-state index contributed by atoms with van der Waals surface area (Å²) < 4.78 is 18.3. The van der Waals surface area contributed by atoms with Crippen molar-refractivity contribution >= 4 is 5.97 Å². The summed E-state index contributed by atoms with van der Waals surface area (Å²) in [5.74, 6) is 1.57. The number of carbonyl (C=O) groups excluding carboxylic acids is 1. The van der Waals surface area contributed by atoms with Crippen molar-refractivity contribution in [2.24, 2.45) is 0 Å². The van der Waals surface area contributed by atoms with Crippen molar-refractivity contribution in [3.63, 3.8) is 0 Å². The Labute approximate surface area is 106 Å². The lowest BCUT2D eigenvalue weighted by Crippen LogP contribution is -2.52. The second-order valence-electron chi connectivity index (χ2n) is 4.15. The van der Waals surface area contributed by atoms with Crippen LogP contribution in [0, 0.1) is 18.2 Å². The number of hydrogen-bond donors (Lipinski definition) is 1. The smallest absolute Gasteiger partial charge is 0.326 e. The van der Waals surface area contributed by atoms with Crippen LogP contribution in [0.3, 0.4) is 0 Å². The molecule has 0 aliphatic heterocycles. The molecule has 3 nitrogen and oxygen atoms in total. The van der Waals surface area contributed by atoms with Crippen molar-refractivity contribution < 1.29 is 13.9 Å². The first kappa shape index (κ1) is 14.2. The number of esters is 1. The van der Waals surface area contributed by atoms with Crippen LogP contribution in [-0.4, -0.2) is 25.2 Å². The van der Waals surface area contributed by atoms with Crippen LogP contribution >= 0.6 is 0 Å². The zero-order chi connectivity index (χ0) is 13.6. The molecule has 0 saturated carbocycles. The Hall–Kier alpha value is -1.86. The number of carbonyl (C=O) groups is 1. The number of ether oxygens (including phenoxy) is 1. The summed E-state index contributed by atoms with van der Waals surface area (Å²) in [6.45, 7) is 1.85. The largest absolute Gasteiger partial charge is 0.468 e. The van der Waals surface area contributed by atoms with Crippen LogP contribution in [0.1, 0.15) is 12.5 Å². The van der Waals surface area contributed by atoms with Crippen molar-refractivity contribution in [2.75, 3.05) is 13.7 Å². The lowest BCUT2D eigenvalue weighted by molar-refractivity contribution is -0.147. The highest BCUT2D eigenvalue weighted by Gasteiger charge is 2.34. The van der Waals surface area contributed by atoms with Gasteiger partial charge in [0.1, 0.15) is 11.4 Å². The SMILES string of the molecule is C#CCNC(C)(Cc1ccccc1F)C(=O)OC. The summed E-state index contributed by atoms with van der Waals surface area (Å²) in [5, 5.41) is 2.89. The normalized spacial score (nSPS) is 13.4. The summed E-state index contributed by atoms with van der Waals surface area (Å²) in [6, 6.07) is 6.31. The van der Waals surface area contributed by atoms with E-state index in [2.05, 4.69) is 11.2 Å². The molecule has 0 heterocycles. The number of hydrogen-bond acceptors (Lipinski definition) is 3. The third kappa shape index (κ3) is 3.31. The first-order valence-corrected chi connectivity index (χ1v) is 5.54. The van der Waals surface area contributed by atoms with E-state index < -0.39 is 11.5 Å². The summed E-state index contributed by atoms with van der Waals surface area (Å²) in [5.41, 5.74) is -0.599. The highest BCUT2D eigenvalue weighted by molar-refractivity contribution is 5.80. The van der Waals surface area contributed by atoms with E-state index in [-0.39, 0.29) is 18.8 Å². The third-order valence-electron chi connectivity index (χ3n) is 2.72. The molecule has 1 N–H and O–H groups in total. The standard InChI is InChI=1S/C14H16FNO2/c1-4-9-16-14(2,13(17)18-3)10-11-7-5-6-8-12(11)15/h1,5-8,16H,9-10H2,2-3H3. The van der Waals surface area contributed by atoms with Gasteiger partial charge in [-0.1, -0.05) is 24.1 Å². The predicted molar refractivity (Wildman–Crippen MR) is 67.4 cm³/mol. The Balaban J connectivity index is 2.95. The van der Waals surface area contributed by atoms with E-state index in [1.807, 2.05) is 0 Å². The average molecular weight is 249 g/mol. The molecule has 1 rings (SSSR count). The second-order valence-corrected chi connectivity index (χ2v) is 4.15. The molecule has 0 spiro atoms. The molecule has 1 aromatic carbocycles. The van der Waals surface area contributed by atoms with Crippen LogP contribution in [-0.2, 0) is 16.0 Å². The Kier molecular flexibility index (Phi) is 4.87. The quantitative estimate of drug-likeness (QED) is 0.635. The molecule has 0 aliphatic rings. The molecule has 18 heavy (non-hydrogen) atoms. The minimum Gasteiger partial charge on any atom is -0.468 e. The summed E-state index contributed by atoms with van der Waals surface area (Å²) in [6.07, 6.45) is 5.34. The van der Waals surface area contributed by atoms with Crippen molar-refractivity contribution in [3.05, 3.63) is 35.6 Å². The Morgan fingerprint density at radius 2 is 2.22 bits per heavy atom. The van der Waals surface area contributed by atoms with Gasteiger partial charge < -0.3 is 4.74 Å². The van der Waals surface area contributed by atoms with Gasteiger partial charge in [0.25, 0.3) is 0 Å². The first-order chi connectivity index (χ1) is 8.53. The van der Waals surface area contributed by atoms with E-state index in [0.717, 1.165) is 0 Å².